The van der Waals surface area contributed by atoms with Crippen molar-refractivity contribution in [2.24, 2.45) is 0 Å². The van der Waals surface area contributed by atoms with E-state index in [0.29, 0.717) is 24.2 Å². The van der Waals surface area contributed by atoms with E-state index in [1.807, 2.05) is 42.5 Å². The molecule has 4 rings (SSSR count). The van der Waals surface area contributed by atoms with Gasteiger partial charge in [-0.1, -0.05) is 81.4 Å². The lowest BCUT2D eigenvalue weighted by Crippen LogP contribution is -2.59. The van der Waals surface area contributed by atoms with Crippen molar-refractivity contribution in [2.75, 3.05) is 13.7 Å². The summed E-state index contributed by atoms with van der Waals surface area (Å²) >= 11 is 0. The Morgan fingerprint density at radius 2 is 1.60 bits per heavy atom. The van der Waals surface area contributed by atoms with Gasteiger partial charge in [-0.15, -0.1) is 0 Å². The summed E-state index contributed by atoms with van der Waals surface area (Å²) in [5.41, 5.74) is 0.749. The smallest absolute Gasteiger partial charge is 0.411 e. The highest BCUT2D eigenvalue weighted by atomic mass is 28.4. The van der Waals surface area contributed by atoms with Crippen molar-refractivity contribution < 1.29 is 32.6 Å². The number of carbonyl (C=O) groups is 2. The van der Waals surface area contributed by atoms with Crippen LogP contribution in [0.4, 0.5) is 9.18 Å². The molecule has 0 aliphatic carbocycles. The zero-order valence-corrected chi connectivity index (χ0v) is 26.9. The highest BCUT2D eigenvalue weighted by Gasteiger charge is 2.57. The Labute approximate surface area is 255 Å². The van der Waals surface area contributed by atoms with E-state index in [1.165, 1.54) is 18.1 Å². The van der Waals surface area contributed by atoms with Gasteiger partial charge >= 0.3 is 12.1 Å². The van der Waals surface area contributed by atoms with Crippen LogP contribution >= 0.6 is 0 Å². The molecule has 0 aromatic heterocycles. The second-order valence-corrected chi connectivity index (χ2v) is 17.3. The number of nitrogens with zero attached hydrogens (tertiary/aromatic N) is 1. The molecule has 0 spiro atoms. The SMILES string of the molecule is COC(=O)[C@]1(CO[Si](C)(C)C(C)(C)C)CC[C@H](c2ccc(OCc3ccccc3F)cc2)N1C(=O)OCc1ccccc1. The average Bonchev–Trinajstić information content (AvgIpc) is 3.39. The number of halogens is 1. The lowest BCUT2D eigenvalue weighted by molar-refractivity contribution is -0.155. The maximum Gasteiger partial charge on any atom is 0.411 e. The van der Waals surface area contributed by atoms with Crippen LogP contribution in [-0.2, 0) is 31.9 Å². The average molecular weight is 608 g/mol. The van der Waals surface area contributed by atoms with Crippen LogP contribution in [0.25, 0.3) is 0 Å². The molecule has 0 unspecified atom stereocenters. The molecule has 1 fully saturated rings. The van der Waals surface area contributed by atoms with E-state index in [2.05, 4.69) is 33.9 Å². The molecule has 3 aromatic carbocycles. The van der Waals surface area contributed by atoms with Gasteiger partial charge in [0.1, 0.15) is 24.8 Å². The number of amides is 1. The maximum absolute atomic E-state index is 14.0. The molecule has 43 heavy (non-hydrogen) atoms. The predicted molar refractivity (Wildman–Crippen MR) is 166 cm³/mol. The Hall–Kier alpha value is -3.69. The third-order valence-corrected chi connectivity index (χ3v) is 13.1. The van der Waals surface area contributed by atoms with Gasteiger partial charge in [0.25, 0.3) is 0 Å². The quantitative estimate of drug-likeness (QED) is 0.173. The summed E-state index contributed by atoms with van der Waals surface area (Å²) in [6.45, 7) is 10.8. The van der Waals surface area contributed by atoms with E-state index >= 15 is 0 Å². The summed E-state index contributed by atoms with van der Waals surface area (Å²) in [6, 6.07) is 22.7. The topological polar surface area (TPSA) is 74.3 Å². The van der Waals surface area contributed by atoms with Crippen molar-refractivity contribution in [3.63, 3.8) is 0 Å². The zero-order chi connectivity index (χ0) is 31.3. The molecular formula is C34H42FNO6Si. The van der Waals surface area contributed by atoms with E-state index in [4.69, 9.17) is 18.6 Å². The molecule has 1 saturated heterocycles. The number of methoxy groups -OCH3 is 1. The van der Waals surface area contributed by atoms with Crippen molar-refractivity contribution >= 4 is 20.4 Å². The standard InChI is InChI=1S/C34H42FNO6Si/c1-33(2,3)43(5,6)42-24-34(31(37)39-4)21-20-30(36(34)32(38)41-22-25-12-8-7-9-13-25)26-16-18-28(19-17-26)40-23-27-14-10-11-15-29(27)35/h7-19,30H,20-24H2,1-6H3/t30-,34-/m1/s1. The van der Waals surface area contributed by atoms with Gasteiger partial charge < -0.3 is 18.6 Å². The summed E-state index contributed by atoms with van der Waals surface area (Å²) in [7, 11) is -0.961. The van der Waals surface area contributed by atoms with Gasteiger partial charge in [-0.25, -0.2) is 14.0 Å². The molecule has 0 saturated carbocycles. The van der Waals surface area contributed by atoms with E-state index in [0.717, 1.165) is 11.1 Å². The second-order valence-electron chi connectivity index (χ2n) is 12.5. The van der Waals surface area contributed by atoms with Gasteiger partial charge in [0.15, 0.2) is 13.9 Å². The normalized spacial score (nSPS) is 18.8. The summed E-state index contributed by atoms with van der Waals surface area (Å²) in [5, 5.41) is -0.0978. The monoisotopic (exact) mass is 607 g/mol. The minimum absolute atomic E-state index is 0.0109. The van der Waals surface area contributed by atoms with Crippen LogP contribution in [0, 0.1) is 5.82 Å². The number of ether oxygens (including phenoxy) is 3. The Kier molecular flexibility index (Phi) is 9.97. The number of hydrogen-bond acceptors (Lipinski definition) is 6. The van der Waals surface area contributed by atoms with Crippen molar-refractivity contribution in [3.8, 4) is 5.75 Å². The van der Waals surface area contributed by atoms with Crippen LogP contribution in [0.15, 0.2) is 78.9 Å². The van der Waals surface area contributed by atoms with Crippen molar-refractivity contribution in [1.29, 1.82) is 0 Å². The molecule has 2 atom stereocenters. The maximum atomic E-state index is 14.0. The summed E-state index contributed by atoms with van der Waals surface area (Å²) < 4.78 is 37.6. The van der Waals surface area contributed by atoms with E-state index in [1.54, 1.807) is 30.3 Å². The van der Waals surface area contributed by atoms with Gasteiger partial charge in [-0.05, 0) is 60.3 Å². The molecule has 0 bridgehead atoms. The first kappa shape index (κ1) is 32.2. The molecule has 1 heterocycles. The fourth-order valence-corrected chi connectivity index (χ4v) is 6.03. The van der Waals surface area contributed by atoms with Crippen LogP contribution in [-0.4, -0.2) is 44.5 Å². The van der Waals surface area contributed by atoms with Crippen molar-refractivity contribution in [1.82, 2.24) is 4.90 Å². The third-order valence-electron chi connectivity index (χ3n) is 8.67. The number of benzene rings is 3. The Balaban J connectivity index is 1.62. The molecule has 1 aliphatic rings. The third kappa shape index (κ3) is 7.28. The van der Waals surface area contributed by atoms with Gasteiger partial charge in [-0.3, -0.25) is 4.90 Å². The summed E-state index contributed by atoms with van der Waals surface area (Å²) in [4.78, 5) is 29.0. The molecule has 230 valence electrons. The largest absolute Gasteiger partial charge is 0.489 e. The molecule has 7 nitrogen and oxygen atoms in total. The van der Waals surface area contributed by atoms with Crippen LogP contribution in [0.2, 0.25) is 18.1 Å². The van der Waals surface area contributed by atoms with E-state index in [-0.39, 0.29) is 30.7 Å². The number of likely N-dealkylation sites (tertiary alicyclic amines) is 1. The van der Waals surface area contributed by atoms with Gasteiger partial charge in [0, 0.05) is 5.56 Å². The van der Waals surface area contributed by atoms with Crippen molar-refractivity contribution in [3.05, 3.63) is 101 Å². The summed E-state index contributed by atoms with van der Waals surface area (Å²) in [6.07, 6.45) is 0.243. The number of carbonyl (C=O) groups excluding carboxylic acids is 2. The lowest BCUT2D eigenvalue weighted by Gasteiger charge is -2.42. The molecule has 1 amide bonds. The fraction of sp³-hybridized carbons (Fsp3) is 0.412. The lowest BCUT2D eigenvalue weighted by atomic mass is 9.97. The van der Waals surface area contributed by atoms with Gasteiger partial charge in [0.2, 0.25) is 0 Å². The number of rotatable bonds is 10. The molecule has 1 aliphatic heterocycles. The predicted octanol–water partition coefficient (Wildman–Crippen LogP) is 7.81. The molecule has 3 aromatic rings. The second kappa shape index (κ2) is 13.3. The van der Waals surface area contributed by atoms with Gasteiger partial charge in [-0.2, -0.15) is 0 Å². The van der Waals surface area contributed by atoms with Gasteiger partial charge in [0.05, 0.1) is 19.8 Å². The molecule has 0 N–H and O–H groups in total. The highest BCUT2D eigenvalue weighted by molar-refractivity contribution is 6.74. The molecular weight excluding hydrogens is 565 g/mol. The fourth-order valence-electron chi connectivity index (χ4n) is 5.00. The van der Waals surface area contributed by atoms with Crippen LogP contribution < -0.4 is 4.74 Å². The van der Waals surface area contributed by atoms with Crippen LogP contribution in [0.5, 0.6) is 5.75 Å². The number of esters is 1. The summed E-state index contributed by atoms with van der Waals surface area (Å²) in [5.74, 6) is -0.298. The first-order chi connectivity index (χ1) is 20.4. The first-order valence-corrected chi connectivity index (χ1v) is 17.5. The zero-order valence-electron chi connectivity index (χ0n) is 25.9. The van der Waals surface area contributed by atoms with E-state index < -0.39 is 32.0 Å². The van der Waals surface area contributed by atoms with E-state index in [9.17, 15) is 14.0 Å². The molecule has 0 radical (unpaired) electrons. The highest BCUT2D eigenvalue weighted by Crippen LogP contribution is 2.46. The Morgan fingerprint density at radius 1 is 0.953 bits per heavy atom. The van der Waals surface area contributed by atoms with Crippen molar-refractivity contribution in [2.45, 2.75) is 76.5 Å². The first-order valence-electron chi connectivity index (χ1n) is 14.6. The molecule has 9 heteroatoms. The minimum atomic E-state index is -2.29. The van der Waals surface area contributed by atoms with Crippen LogP contribution in [0.3, 0.4) is 0 Å². The Morgan fingerprint density at radius 3 is 2.23 bits per heavy atom. The van der Waals surface area contributed by atoms with Crippen LogP contribution in [0.1, 0.15) is 56.3 Å². The minimum Gasteiger partial charge on any atom is -0.489 e. The number of hydrogen-bond donors (Lipinski definition) is 0. The Bertz CT molecular complexity index is 1390.